The third-order valence-electron chi connectivity index (χ3n) is 4.09. The van der Waals surface area contributed by atoms with E-state index in [0.29, 0.717) is 17.4 Å². The maximum atomic E-state index is 11.2. The monoisotopic (exact) mass is 261 g/mol. The maximum absolute atomic E-state index is 11.2. The minimum Gasteiger partial charge on any atom is -0.480 e. The summed E-state index contributed by atoms with van der Waals surface area (Å²) in [4.78, 5) is 13.2. The fourth-order valence-corrected chi connectivity index (χ4v) is 3.44. The van der Waals surface area contributed by atoms with Crippen molar-refractivity contribution < 1.29 is 9.90 Å². The average molecular weight is 261 g/mol. The molecule has 0 aromatic heterocycles. The van der Waals surface area contributed by atoms with Crippen molar-refractivity contribution in [3.8, 4) is 0 Å². The van der Waals surface area contributed by atoms with Gasteiger partial charge >= 0.3 is 5.97 Å². The number of hydrogen-bond acceptors (Lipinski definition) is 2. The molecule has 0 amide bonds. The quantitative estimate of drug-likeness (QED) is 0.903. The highest BCUT2D eigenvalue weighted by Crippen LogP contribution is 2.44. The van der Waals surface area contributed by atoms with Gasteiger partial charge in [0.25, 0.3) is 0 Å². The number of hydrogen-bond donors (Lipinski definition) is 1. The minimum atomic E-state index is -0.763. The first kappa shape index (κ1) is 13.9. The summed E-state index contributed by atoms with van der Waals surface area (Å²) >= 11 is 0. The number of carboxylic acid groups (broad SMARTS) is 1. The van der Waals surface area contributed by atoms with Gasteiger partial charge in [-0.25, -0.2) is 0 Å². The molecular weight excluding hydrogens is 238 g/mol. The molecule has 1 aromatic rings. The topological polar surface area (TPSA) is 40.5 Å². The Balaban J connectivity index is 2.26. The molecule has 1 aromatic carbocycles. The van der Waals surface area contributed by atoms with Gasteiger partial charge in [0, 0.05) is 11.7 Å². The summed E-state index contributed by atoms with van der Waals surface area (Å²) < 4.78 is 0. The van der Waals surface area contributed by atoms with Crippen LogP contribution in [-0.4, -0.2) is 23.7 Å². The highest BCUT2D eigenvalue weighted by atomic mass is 16.4. The van der Waals surface area contributed by atoms with Crippen LogP contribution >= 0.6 is 0 Å². The third-order valence-corrected chi connectivity index (χ3v) is 4.09. The van der Waals surface area contributed by atoms with E-state index < -0.39 is 5.97 Å². The van der Waals surface area contributed by atoms with Gasteiger partial charge in [0.15, 0.2) is 0 Å². The van der Waals surface area contributed by atoms with Crippen molar-refractivity contribution >= 4 is 11.7 Å². The predicted octanol–water partition coefficient (Wildman–Crippen LogP) is 3.40. The second-order valence-electron chi connectivity index (χ2n) is 6.47. The van der Waals surface area contributed by atoms with Crippen LogP contribution in [-0.2, 0) is 4.79 Å². The van der Waals surface area contributed by atoms with Crippen molar-refractivity contribution in [3.63, 3.8) is 0 Å². The highest BCUT2D eigenvalue weighted by molar-refractivity contribution is 5.74. The second-order valence-corrected chi connectivity index (χ2v) is 6.47. The molecule has 2 rings (SSSR count). The summed E-state index contributed by atoms with van der Waals surface area (Å²) in [6.45, 7) is 6.85. The second kappa shape index (κ2) is 5.24. The fraction of sp³-hybridized carbons (Fsp3) is 0.562. The Hall–Kier alpha value is -1.51. The number of carboxylic acids is 1. The zero-order valence-electron chi connectivity index (χ0n) is 12.0. The lowest BCUT2D eigenvalue weighted by molar-refractivity contribution is -0.135. The summed E-state index contributed by atoms with van der Waals surface area (Å²) in [5.41, 5.74) is 1.31. The van der Waals surface area contributed by atoms with Gasteiger partial charge in [-0.2, -0.15) is 0 Å². The maximum Gasteiger partial charge on any atom is 0.323 e. The first-order valence-electron chi connectivity index (χ1n) is 6.92. The fourth-order valence-electron chi connectivity index (χ4n) is 3.44. The molecule has 19 heavy (non-hydrogen) atoms. The first-order valence-corrected chi connectivity index (χ1v) is 6.92. The van der Waals surface area contributed by atoms with Crippen LogP contribution < -0.4 is 4.90 Å². The summed E-state index contributed by atoms with van der Waals surface area (Å²) in [5, 5.41) is 9.18. The van der Waals surface area contributed by atoms with Gasteiger partial charge in [0.2, 0.25) is 0 Å². The van der Waals surface area contributed by atoms with E-state index in [1.54, 1.807) is 0 Å². The van der Waals surface area contributed by atoms with E-state index >= 15 is 0 Å². The molecule has 1 N–H and O–H groups in total. The molecule has 3 nitrogen and oxygen atoms in total. The molecule has 0 radical (unpaired) electrons. The van der Waals surface area contributed by atoms with Crippen molar-refractivity contribution in [2.45, 2.75) is 39.7 Å². The molecule has 3 heteroatoms. The SMILES string of the molecule is CC1CC(C)(C)CC1N(CC(=O)O)c1ccccc1. The van der Waals surface area contributed by atoms with Gasteiger partial charge < -0.3 is 10.0 Å². The molecule has 1 aliphatic rings. The molecule has 0 heterocycles. The van der Waals surface area contributed by atoms with Crippen LogP contribution in [0, 0.1) is 11.3 Å². The molecule has 0 saturated heterocycles. The Morgan fingerprint density at radius 1 is 1.32 bits per heavy atom. The average Bonchev–Trinajstić information content (AvgIpc) is 2.60. The van der Waals surface area contributed by atoms with Crippen LogP contribution in [0.3, 0.4) is 0 Å². The largest absolute Gasteiger partial charge is 0.480 e. The Bertz CT molecular complexity index is 441. The van der Waals surface area contributed by atoms with Crippen molar-refractivity contribution in [1.82, 2.24) is 0 Å². The molecule has 0 bridgehead atoms. The van der Waals surface area contributed by atoms with Crippen molar-refractivity contribution in [1.29, 1.82) is 0 Å². The number of carbonyl (C=O) groups is 1. The summed E-state index contributed by atoms with van der Waals surface area (Å²) in [6, 6.07) is 10.2. The highest BCUT2D eigenvalue weighted by Gasteiger charge is 2.40. The number of anilines is 1. The van der Waals surface area contributed by atoms with E-state index in [-0.39, 0.29) is 6.54 Å². The number of rotatable bonds is 4. The Kier molecular flexibility index (Phi) is 3.83. The van der Waals surface area contributed by atoms with Gasteiger partial charge in [0.1, 0.15) is 6.54 Å². The lowest BCUT2D eigenvalue weighted by atomic mass is 9.91. The number of aliphatic carboxylic acids is 1. The molecule has 0 aliphatic heterocycles. The normalized spacial score (nSPS) is 25.2. The van der Waals surface area contributed by atoms with E-state index in [9.17, 15) is 9.90 Å². The lowest BCUT2D eigenvalue weighted by Gasteiger charge is -2.33. The van der Waals surface area contributed by atoms with Gasteiger partial charge in [-0.15, -0.1) is 0 Å². The molecular formula is C16H23NO2. The molecule has 104 valence electrons. The number of benzene rings is 1. The predicted molar refractivity (Wildman–Crippen MR) is 77.4 cm³/mol. The Morgan fingerprint density at radius 3 is 2.42 bits per heavy atom. The van der Waals surface area contributed by atoms with E-state index in [4.69, 9.17) is 0 Å². The van der Waals surface area contributed by atoms with Gasteiger partial charge in [-0.1, -0.05) is 39.0 Å². The Labute approximate surface area is 115 Å². The standard InChI is InChI=1S/C16H23NO2/c1-12-9-16(2,3)10-14(12)17(11-15(18)19)13-7-5-4-6-8-13/h4-8,12,14H,9-11H2,1-3H3,(H,18,19). The summed E-state index contributed by atoms with van der Waals surface area (Å²) in [7, 11) is 0. The smallest absolute Gasteiger partial charge is 0.323 e. The number of para-hydroxylation sites is 1. The molecule has 0 spiro atoms. The van der Waals surface area contributed by atoms with Crippen LogP contribution in [0.4, 0.5) is 5.69 Å². The summed E-state index contributed by atoms with van der Waals surface area (Å²) in [5.74, 6) is -0.240. The molecule has 2 unspecified atom stereocenters. The lowest BCUT2D eigenvalue weighted by Crippen LogP contribution is -2.41. The molecule has 1 saturated carbocycles. The minimum absolute atomic E-state index is 0.0785. The van der Waals surface area contributed by atoms with Gasteiger partial charge in [-0.3, -0.25) is 4.79 Å². The molecule has 1 aliphatic carbocycles. The van der Waals surface area contributed by atoms with Crippen molar-refractivity contribution in [3.05, 3.63) is 30.3 Å². The van der Waals surface area contributed by atoms with Crippen LogP contribution in [0.1, 0.15) is 33.6 Å². The van der Waals surface area contributed by atoms with Crippen molar-refractivity contribution in [2.75, 3.05) is 11.4 Å². The van der Waals surface area contributed by atoms with E-state index in [1.165, 1.54) is 0 Å². The van der Waals surface area contributed by atoms with Crippen LogP contribution in [0.25, 0.3) is 0 Å². The zero-order valence-corrected chi connectivity index (χ0v) is 12.0. The van der Waals surface area contributed by atoms with Crippen LogP contribution in [0.15, 0.2) is 30.3 Å². The van der Waals surface area contributed by atoms with Gasteiger partial charge in [-0.05, 0) is 36.3 Å². The Morgan fingerprint density at radius 2 is 1.95 bits per heavy atom. The van der Waals surface area contributed by atoms with E-state index in [2.05, 4.69) is 25.7 Å². The number of nitrogens with zero attached hydrogens (tertiary/aromatic N) is 1. The van der Waals surface area contributed by atoms with Gasteiger partial charge in [0.05, 0.1) is 0 Å². The molecule has 1 fully saturated rings. The molecule has 2 atom stereocenters. The van der Waals surface area contributed by atoms with Crippen LogP contribution in [0.2, 0.25) is 0 Å². The summed E-state index contributed by atoms with van der Waals surface area (Å²) in [6.07, 6.45) is 2.21. The third kappa shape index (κ3) is 3.28. The van der Waals surface area contributed by atoms with E-state index in [1.807, 2.05) is 30.3 Å². The van der Waals surface area contributed by atoms with Crippen LogP contribution in [0.5, 0.6) is 0 Å². The first-order chi connectivity index (χ1) is 8.89. The zero-order chi connectivity index (χ0) is 14.0. The van der Waals surface area contributed by atoms with Crippen molar-refractivity contribution in [2.24, 2.45) is 11.3 Å². The van der Waals surface area contributed by atoms with E-state index in [0.717, 1.165) is 18.5 Å².